The Labute approximate surface area is 141 Å². The first-order valence-corrected chi connectivity index (χ1v) is 8.28. The molecule has 2 aromatic rings. The van der Waals surface area contributed by atoms with Crippen molar-refractivity contribution in [3.8, 4) is 0 Å². The first kappa shape index (κ1) is 18.4. The number of aromatic nitrogens is 2. The summed E-state index contributed by atoms with van der Waals surface area (Å²) in [6.07, 6.45) is 0. The standard InChI is InChI=1S/C15H20N2O6S/c1-4-23-11(19)7-17-13(20)12-9(2)10(8-18)24-14(12)16(15(17)21)5-6-22-3/h18H,4-8H2,1-3H3. The van der Waals surface area contributed by atoms with Crippen LogP contribution in [0.25, 0.3) is 10.2 Å². The van der Waals surface area contributed by atoms with E-state index in [4.69, 9.17) is 9.47 Å². The molecule has 0 aliphatic heterocycles. The van der Waals surface area contributed by atoms with Crippen LogP contribution < -0.4 is 11.2 Å². The van der Waals surface area contributed by atoms with Crippen molar-refractivity contribution in [1.29, 1.82) is 0 Å². The van der Waals surface area contributed by atoms with Gasteiger partial charge in [0.15, 0.2) is 0 Å². The van der Waals surface area contributed by atoms with E-state index in [2.05, 4.69) is 0 Å². The first-order chi connectivity index (χ1) is 11.5. The lowest BCUT2D eigenvalue weighted by Gasteiger charge is -2.11. The molecule has 132 valence electrons. The van der Waals surface area contributed by atoms with E-state index in [1.54, 1.807) is 13.8 Å². The number of esters is 1. The second kappa shape index (κ2) is 7.73. The summed E-state index contributed by atoms with van der Waals surface area (Å²) in [7, 11) is 1.51. The van der Waals surface area contributed by atoms with E-state index in [0.29, 0.717) is 20.7 Å². The average molecular weight is 356 g/mol. The molecule has 0 aliphatic rings. The molecule has 0 aliphatic carbocycles. The lowest BCUT2D eigenvalue weighted by molar-refractivity contribution is -0.143. The van der Waals surface area contributed by atoms with Crippen molar-refractivity contribution in [2.75, 3.05) is 20.3 Å². The van der Waals surface area contributed by atoms with Gasteiger partial charge in [0.1, 0.15) is 11.4 Å². The Hall–Kier alpha value is -1.97. The number of methoxy groups -OCH3 is 1. The number of aliphatic hydroxyl groups is 1. The van der Waals surface area contributed by atoms with Gasteiger partial charge in [-0.05, 0) is 19.4 Å². The van der Waals surface area contributed by atoms with Crippen molar-refractivity contribution < 1.29 is 19.4 Å². The number of rotatable bonds is 7. The quantitative estimate of drug-likeness (QED) is 0.713. The molecule has 2 aromatic heterocycles. The van der Waals surface area contributed by atoms with Gasteiger partial charge >= 0.3 is 11.7 Å². The predicted molar refractivity (Wildman–Crippen MR) is 89.5 cm³/mol. The van der Waals surface area contributed by atoms with Crippen LogP contribution in [-0.4, -0.2) is 40.5 Å². The minimum Gasteiger partial charge on any atom is -0.465 e. The summed E-state index contributed by atoms with van der Waals surface area (Å²) in [5.74, 6) is -0.649. The summed E-state index contributed by atoms with van der Waals surface area (Å²) in [4.78, 5) is 38.2. The van der Waals surface area contributed by atoms with E-state index >= 15 is 0 Å². The van der Waals surface area contributed by atoms with Gasteiger partial charge in [-0.3, -0.25) is 14.2 Å². The van der Waals surface area contributed by atoms with Gasteiger partial charge in [0.05, 0.1) is 31.8 Å². The molecule has 0 aromatic carbocycles. The maximum Gasteiger partial charge on any atom is 0.332 e. The maximum absolute atomic E-state index is 12.7. The van der Waals surface area contributed by atoms with Crippen molar-refractivity contribution in [3.05, 3.63) is 31.3 Å². The molecule has 2 heterocycles. The Morgan fingerprint density at radius 3 is 2.58 bits per heavy atom. The van der Waals surface area contributed by atoms with Crippen molar-refractivity contribution >= 4 is 27.5 Å². The molecule has 2 rings (SSSR count). The molecule has 0 fully saturated rings. The highest BCUT2D eigenvalue weighted by Crippen LogP contribution is 2.27. The zero-order chi connectivity index (χ0) is 17.9. The van der Waals surface area contributed by atoms with E-state index in [1.165, 1.54) is 23.0 Å². The predicted octanol–water partition coefficient (Wildman–Crippen LogP) is 0.235. The second-order valence-corrected chi connectivity index (χ2v) is 6.20. The van der Waals surface area contributed by atoms with E-state index in [0.717, 1.165) is 4.57 Å². The van der Waals surface area contributed by atoms with Crippen molar-refractivity contribution in [1.82, 2.24) is 9.13 Å². The number of carbonyl (C=O) groups excluding carboxylic acids is 1. The minimum atomic E-state index is -0.649. The number of hydrogen-bond acceptors (Lipinski definition) is 7. The van der Waals surface area contributed by atoms with Gasteiger partial charge in [0.25, 0.3) is 5.56 Å². The van der Waals surface area contributed by atoms with E-state index < -0.39 is 23.8 Å². The zero-order valence-electron chi connectivity index (χ0n) is 13.8. The summed E-state index contributed by atoms with van der Waals surface area (Å²) >= 11 is 1.20. The van der Waals surface area contributed by atoms with Gasteiger partial charge in [0.2, 0.25) is 0 Å². The molecular formula is C15H20N2O6S. The van der Waals surface area contributed by atoms with Crippen molar-refractivity contribution in [2.45, 2.75) is 33.5 Å². The zero-order valence-corrected chi connectivity index (χ0v) is 14.6. The normalized spacial score (nSPS) is 11.2. The molecule has 24 heavy (non-hydrogen) atoms. The topological polar surface area (TPSA) is 99.8 Å². The molecule has 9 heteroatoms. The van der Waals surface area contributed by atoms with Crippen LogP contribution in [0.15, 0.2) is 9.59 Å². The highest BCUT2D eigenvalue weighted by atomic mass is 32.1. The number of thiophene rings is 1. The largest absolute Gasteiger partial charge is 0.465 e. The SMILES string of the molecule is CCOC(=O)Cn1c(=O)c2c(C)c(CO)sc2n(CCOC)c1=O. The lowest BCUT2D eigenvalue weighted by Crippen LogP contribution is -2.42. The first-order valence-electron chi connectivity index (χ1n) is 7.47. The fourth-order valence-electron chi connectivity index (χ4n) is 2.45. The summed E-state index contributed by atoms with van der Waals surface area (Å²) in [5, 5.41) is 9.78. The van der Waals surface area contributed by atoms with Gasteiger partial charge in [-0.15, -0.1) is 11.3 Å². The lowest BCUT2D eigenvalue weighted by atomic mass is 10.2. The Morgan fingerprint density at radius 1 is 1.29 bits per heavy atom. The number of aliphatic hydroxyl groups excluding tert-OH is 1. The van der Waals surface area contributed by atoms with E-state index in [9.17, 15) is 19.5 Å². The van der Waals surface area contributed by atoms with Crippen LogP contribution >= 0.6 is 11.3 Å². The molecular weight excluding hydrogens is 336 g/mol. The number of ether oxygens (including phenoxy) is 2. The molecule has 0 spiro atoms. The number of aryl methyl sites for hydroxylation is 1. The minimum absolute atomic E-state index is 0.167. The smallest absolute Gasteiger partial charge is 0.332 e. The van der Waals surface area contributed by atoms with Gasteiger partial charge < -0.3 is 14.6 Å². The summed E-state index contributed by atoms with van der Waals surface area (Å²) in [6.45, 7) is 3.37. The van der Waals surface area contributed by atoms with Crippen LogP contribution in [0.4, 0.5) is 0 Å². The van der Waals surface area contributed by atoms with Crippen molar-refractivity contribution in [3.63, 3.8) is 0 Å². The fourth-order valence-corrected chi connectivity index (χ4v) is 3.62. The third-order valence-corrected chi connectivity index (χ3v) is 4.95. The summed E-state index contributed by atoms with van der Waals surface area (Å²) < 4.78 is 12.1. The Bertz CT molecular complexity index is 863. The molecule has 0 bridgehead atoms. The van der Waals surface area contributed by atoms with Crippen LogP contribution in [0.5, 0.6) is 0 Å². The van der Waals surface area contributed by atoms with Crippen LogP contribution in [0.3, 0.4) is 0 Å². The molecule has 0 unspecified atom stereocenters. The number of hydrogen-bond donors (Lipinski definition) is 1. The van der Waals surface area contributed by atoms with Gasteiger partial charge in [0, 0.05) is 12.0 Å². The third-order valence-electron chi connectivity index (χ3n) is 3.65. The second-order valence-electron chi connectivity index (χ2n) is 5.11. The summed E-state index contributed by atoms with van der Waals surface area (Å²) in [5.41, 5.74) is -0.528. The highest BCUT2D eigenvalue weighted by molar-refractivity contribution is 7.18. The molecule has 0 saturated heterocycles. The van der Waals surface area contributed by atoms with Crippen LogP contribution in [0.1, 0.15) is 17.4 Å². The molecule has 0 saturated carbocycles. The number of nitrogens with zero attached hydrogens (tertiary/aromatic N) is 2. The van der Waals surface area contributed by atoms with Gasteiger partial charge in [-0.2, -0.15) is 0 Å². The average Bonchev–Trinajstić information content (AvgIpc) is 2.88. The fraction of sp³-hybridized carbons (Fsp3) is 0.533. The van der Waals surface area contributed by atoms with E-state index in [-0.39, 0.29) is 26.4 Å². The molecule has 1 N–H and O–H groups in total. The molecule has 0 radical (unpaired) electrons. The summed E-state index contributed by atoms with van der Waals surface area (Å²) in [6, 6.07) is 0. The monoisotopic (exact) mass is 356 g/mol. The van der Waals surface area contributed by atoms with E-state index in [1.807, 2.05) is 0 Å². The number of fused-ring (bicyclic) bond motifs is 1. The molecule has 0 atom stereocenters. The Kier molecular flexibility index (Phi) is 5.92. The van der Waals surface area contributed by atoms with Gasteiger partial charge in [-0.1, -0.05) is 0 Å². The van der Waals surface area contributed by atoms with Crippen LogP contribution in [-0.2, 0) is 34.0 Å². The Morgan fingerprint density at radius 2 is 2.00 bits per heavy atom. The maximum atomic E-state index is 12.7. The highest BCUT2D eigenvalue weighted by Gasteiger charge is 2.21. The van der Waals surface area contributed by atoms with Crippen LogP contribution in [0.2, 0.25) is 0 Å². The Balaban J connectivity index is 2.74. The number of carbonyl (C=O) groups is 1. The molecule has 0 amide bonds. The van der Waals surface area contributed by atoms with Gasteiger partial charge in [-0.25, -0.2) is 9.36 Å². The third kappa shape index (κ3) is 3.28. The molecule has 8 nitrogen and oxygen atoms in total. The van der Waals surface area contributed by atoms with Crippen LogP contribution in [0, 0.1) is 6.92 Å². The van der Waals surface area contributed by atoms with Crippen molar-refractivity contribution in [2.24, 2.45) is 0 Å².